The Labute approximate surface area is 108 Å². The van der Waals surface area contributed by atoms with Crippen molar-refractivity contribution in [1.82, 2.24) is 20.2 Å². The van der Waals surface area contributed by atoms with E-state index in [1.165, 1.54) is 4.90 Å². The first-order valence-corrected chi connectivity index (χ1v) is 5.91. The smallest absolute Gasteiger partial charge is 0.354 e. The molecule has 8 nitrogen and oxygen atoms in total. The number of aromatic nitrogens is 2. The molecule has 2 heterocycles. The lowest BCUT2D eigenvalue weighted by Gasteiger charge is -2.34. The number of nitrogens with one attached hydrogen (secondary N) is 2. The summed E-state index contributed by atoms with van der Waals surface area (Å²) in [5.74, 6) is -2.02. The van der Waals surface area contributed by atoms with Crippen molar-refractivity contribution < 1.29 is 19.5 Å². The number of carbonyl (C=O) groups is 3. The zero-order valence-electron chi connectivity index (χ0n) is 10.3. The van der Waals surface area contributed by atoms with Gasteiger partial charge in [0.25, 0.3) is 5.91 Å². The van der Waals surface area contributed by atoms with E-state index in [-0.39, 0.29) is 17.3 Å². The summed E-state index contributed by atoms with van der Waals surface area (Å²) in [6, 6.07) is -0.584. The monoisotopic (exact) mass is 266 g/mol. The van der Waals surface area contributed by atoms with E-state index in [0.29, 0.717) is 19.5 Å². The zero-order chi connectivity index (χ0) is 14.0. The van der Waals surface area contributed by atoms with E-state index in [9.17, 15) is 14.4 Å². The Morgan fingerprint density at radius 1 is 1.58 bits per heavy atom. The molecule has 1 aliphatic heterocycles. The van der Waals surface area contributed by atoms with Crippen molar-refractivity contribution in [3.63, 3.8) is 0 Å². The molecular weight excluding hydrogens is 252 g/mol. The fraction of sp³-hybridized carbons (Fsp3) is 0.455. The fourth-order valence-corrected chi connectivity index (χ4v) is 2.12. The third-order valence-corrected chi connectivity index (χ3v) is 3.03. The van der Waals surface area contributed by atoms with Crippen molar-refractivity contribution in [3.8, 4) is 0 Å². The zero-order valence-corrected chi connectivity index (χ0v) is 10.3. The number of H-pyrrole nitrogens is 1. The lowest BCUT2D eigenvalue weighted by Crippen LogP contribution is -2.57. The number of aromatic carboxylic acids is 1. The molecule has 19 heavy (non-hydrogen) atoms. The maximum Gasteiger partial charge on any atom is 0.354 e. The van der Waals surface area contributed by atoms with Crippen LogP contribution in [0.25, 0.3) is 0 Å². The number of carbonyl (C=O) groups excluding carboxylic acids is 2. The van der Waals surface area contributed by atoms with Gasteiger partial charge in [0.1, 0.15) is 6.04 Å². The van der Waals surface area contributed by atoms with Gasteiger partial charge in [0.2, 0.25) is 5.91 Å². The third kappa shape index (κ3) is 2.28. The normalized spacial score (nSPS) is 19.1. The van der Waals surface area contributed by atoms with Crippen LogP contribution in [0, 0.1) is 0 Å². The van der Waals surface area contributed by atoms with E-state index in [2.05, 4.69) is 15.3 Å². The number of carboxylic acids is 1. The van der Waals surface area contributed by atoms with Gasteiger partial charge in [-0.3, -0.25) is 9.59 Å². The van der Waals surface area contributed by atoms with Gasteiger partial charge in [-0.15, -0.1) is 0 Å². The number of imidazole rings is 1. The summed E-state index contributed by atoms with van der Waals surface area (Å²) in [7, 11) is 0. The van der Waals surface area contributed by atoms with Crippen LogP contribution in [0.4, 0.5) is 0 Å². The van der Waals surface area contributed by atoms with Crippen LogP contribution >= 0.6 is 0 Å². The maximum atomic E-state index is 12.3. The van der Waals surface area contributed by atoms with Gasteiger partial charge in [0.05, 0.1) is 6.33 Å². The van der Waals surface area contributed by atoms with E-state index in [0.717, 1.165) is 6.33 Å². The van der Waals surface area contributed by atoms with Crippen LogP contribution in [0.3, 0.4) is 0 Å². The lowest BCUT2D eigenvalue weighted by atomic mass is 10.1. The lowest BCUT2D eigenvalue weighted by molar-refractivity contribution is -0.127. The van der Waals surface area contributed by atoms with E-state index in [4.69, 9.17) is 5.11 Å². The van der Waals surface area contributed by atoms with Crippen molar-refractivity contribution in [3.05, 3.63) is 17.7 Å². The molecule has 1 fully saturated rings. The van der Waals surface area contributed by atoms with Crippen LogP contribution in [0.2, 0.25) is 0 Å². The van der Waals surface area contributed by atoms with E-state index in [1.807, 2.05) is 0 Å². The topological polar surface area (TPSA) is 115 Å². The number of carboxylic acid groups (broad SMARTS) is 1. The van der Waals surface area contributed by atoms with Gasteiger partial charge in [-0.2, -0.15) is 0 Å². The van der Waals surface area contributed by atoms with Crippen molar-refractivity contribution in [2.24, 2.45) is 0 Å². The highest BCUT2D eigenvalue weighted by molar-refractivity contribution is 6.03. The molecule has 0 bridgehead atoms. The highest BCUT2D eigenvalue weighted by Crippen LogP contribution is 2.14. The van der Waals surface area contributed by atoms with E-state index in [1.54, 1.807) is 6.92 Å². The van der Waals surface area contributed by atoms with Gasteiger partial charge < -0.3 is 20.3 Å². The predicted molar refractivity (Wildman–Crippen MR) is 63.7 cm³/mol. The molecule has 1 saturated heterocycles. The van der Waals surface area contributed by atoms with Crippen molar-refractivity contribution >= 4 is 17.8 Å². The van der Waals surface area contributed by atoms with Gasteiger partial charge in [0.15, 0.2) is 11.4 Å². The summed E-state index contributed by atoms with van der Waals surface area (Å²) in [6.45, 7) is 2.49. The average molecular weight is 266 g/mol. The number of nitrogens with zero attached hydrogens (tertiary/aromatic N) is 2. The Morgan fingerprint density at radius 3 is 2.95 bits per heavy atom. The minimum atomic E-state index is -1.25. The summed E-state index contributed by atoms with van der Waals surface area (Å²) in [4.78, 5) is 42.5. The summed E-state index contributed by atoms with van der Waals surface area (Å²) in [5.41, 5.74) is -0.425. The molecule has 1 unspecified atom stereocenters. The molecule has 1 aromatic heterocycles. The Morgan fingerprint density at radius 2 is 2.32 bits per heavy atom. The number of piperazine rings is 1. The van der Waals surface area contributed by atoms with E-state index >= 15 is 0 Å². The highest BCUT2D eigenvalue weighted by atomic mass is 16.4. The Kier molecular flexibility index (Phi) is 3.50. The van der Waals surface area contributed by atoms with Crippen LogP contribution < -0.4 is 5.32 Å². The van der Waals surface area contributed by atoms with Gasteiger partial charge in [0, 0.05) is 13.1 Å². The second kappa shape index (κ2) is 5.09. The standard InChI is InChI=1S/C11H14N4O4/c1-2-6-9(16)12-3-4-15(6)10(17)7-8(11(18)19)14-5-13-7/h5-6H,2-4H2,1H3,(H,12,16)(H,13,14)(H,18,19). The number of aromatic amines is 1. The van der Waals surface area contributed by atoms with Crippen LogP contribution in [-0.4, -0.2) is 56.9 Å². The Balaban J connectivity index is 2.29. The Bertz CT molecular complexity index is 525. The molecule has 1 aromatic rings. The second-order valence-corrected chi connectivity index (χ2v) is 4.14. The number of hydrogen-bond acceptors (Lipinski definition) is 4. The summed E-state index contributed by atoms with van der Waals surface area (Å²) < 4.78 is 0. The minimum absolute atomic E-state index is 0.166. The van der Waals surface area contributed by atoms with Crippen LogP contribution in [0.5, 0.6) is 0 Å². The molecule has 2 amide bonds. The molecule has 2 rings (SSSR count). The van der Waals surface area contributed by atoms with Crippen molar-refractivity contribution in [2.45, 2.75) is 19.4 Å². The highest BCUT2D eigenvalue weighted by Gasteiger charge is 2.34. The van der Waals surface area contributed by atoms with Gasteiger partial charge in [-0.05, 0) is 6.42 Å². The summed E-state index contributed by atoms with van der Waals surface area (Å²) >= 11 is 0. The summed E-state index contributed by atoms with van der Waals surface area (Å²) in [6.07, 6.45) is 1.62. The van der Waals surface area contributed by atoms with Crippen molar-refractivity contribution in [2.75, 3.05) is 13.1 Å². The van der Waals surface area contributed by atoms with Gasteiger partial charge >= 0.3 is 5.97 Å². The molecule has 1 aliphatic rings. The first kappa shape index (κ1) is 13.1. The average Bonchev–Trinajstić information content (AvgIpc) is 2.86. The minimum Gasteiger partial charge on any atom is -0.477 e. The first-order chi connectivity index (χ1) is 9.06. The van der Waals surface area contributed by atoms with Gasteiger partial charge in [-0.25, -0.2) is 9.78 Å². The molecule has 0 spiro atoms. The fourth-order valence-electron chi connectivity index (χ4n) is 2.12. The Hall–Kier alpha value is -2.38. The van der Waals surface area contributed by atoms with Crippen LogP contribution in [0.15, 0.2) is 6.33 Å². The third-order valence-electron chi connectivity index (χ3n) is 3.03. The predicted octanol–water partition coefficient (Wildman–Crippen LogP) is -0.541. The molecule has 0 radical (unpaired) electrons. The molecule has 1 atom stereocenters. The maximum absolute atomic E-state index is 12.3. The number of hydrogen-bond donors (Lipinski definition) is 3. The number of amides is 2. The first-order valence-electron chi connectivity index (χ1n) is 5.91. The second-order valence-electron chi connectivity index (χ2n) is 4.14. The van der Waals surface area contributed by atoms with Crippen molar-refractivity contribution in [1.29, 1.82) is 0 Å². The quantitative estimate of drug-likeness (QED) is 0.679. The molecule has 0 aromatic carbocycles. The molecule has 102 valence electrons. The van der Waals surface area contributed by atoms with Gasteiger partial charge in [-0.1, -0.05) is 6.92 Å². The van der Waals surface area contributed by atoms with Crippen LogP contribution in [0.1, 0.15) is 34.3 Å². The molecule has 0 aliphatic carbocycles. The van der Waals surface area contributed by atoms with Crippen LogP contribution in [-0.2, 0) is 4.79 Å². The van der Waals surface area contributed by atoms with E-state index < -0.39 is 17.9 Å². The molecular formula is C11H14N4O4. The molecule has 8 heteroatoms. The largest absolute Gasteiger partial charge is 0.477 e. The summed E-state index contributed by atoms with van der Waals surface area (Å²) in [5, 5.41) is 11.6. The number of rotatable bonds is 3. The SMILES string of the molecule is CCC1C(=O)NCCN1C(=O)c1nc[nH]c1C(=O)O. The molecule has 0 saturated carbocycles. The molecule has 3 N–H and O–H groups in total.